The molecular formula is C12H25ClN2O. The van der Waals surface area contributed by atoms with Gasteiger partial charge >= 0.3 is 0 Å². The Morgan fingerprint density at radius 3 is 2.25 bits per heavy atom. The first-order valence-corrected chi connectivity index (χ1v) is 5.78. The quantitative estimate of drug-likeness (QED) is 0.804. The molecule has 3 N–H and O–H groups in total. The van der Waals surface area contributed by atoms with E-state index in [1.165, 1.54) is 19.3 Å². The Bertz CT molecular complexity index is 244. The predicted octanol–water partition coefficient (Wildman–Crippen LogP) is 2.09. The molecular weight excluding hydrogens is 224 g/mol. The fourth-order valence-corrected chi connectivity index (χ4v) is 1.76. The Morgan fingerprint density at radius 2 is 1.94 bits per heavy atom. The van der Waals surface area contributed by atoms with Gasteiger partial charge in [-0.25, -0.2) is 0 Å². The van der Waals surface area contributed by atoms with E-state index in [2.05, 4.69) is 12.2 Å². The first-order chi connectivity index (χ1) is 6.75. The van der Waals surface area contributed by atoms with Crippen molar-refractivity contribution < 1.29 is 4.79 Å². The van der Waals surface area contributed by atoms with Crippen LogP contribution in [0.15, 0.2) is 0 Å². The van der Waals surface area contributed by atoms with E-state index < -0.39 is 6.04 Å². The third kappa shape index (κ3) is 3.95. The van der Waals surface area contributed by atoms with Crippen molar-refractivity contribution in [1.82, 2.24) is 5.32 Å². The van der Waals surface area contributed by atoms with Gasteiger partial charge in [-0.1, -0.05) is 34.1 Å². The molecule has 4 heteroatoms. The number of amides is 1. The first kappa shape index (κ1) is 15.7. The van der Waals surface area contributed by atoms with Crippen molar-refractivity contribution in [2.75, 3.05) is 6.54 Å². The molecule has 0 radical (unpaired) electrons. The standard InChI is InChI=1S/C12H24N2O.ClH/c1-11(2,3)9(13)10(15)14-8-12(4)6-5-7-12;/h9H,5-8,13H2,1-4H3,(H,14,15);1H/t9-;/m1./s1. The van der Waals surface area contributed by atoms with E-state index in [9.17, 15) is 4.79 Å². The largest absolute Gasteiger partial charge is 0.354 e. The zero-order valence-corrected chi connectivity index (χ0v) is 11.6. The molecule has 1 fully saturated rings. The van der Waals surface area contributed by atoms with Gasteiger partial charge in [0, 0.05) is 6.54 Å². The lowest BCUT2D eigenvalue weighted by molar-refractivity contribution is -0.125. The topological polar surface area (TPSA) is 55.1 Å². The molecule has 1 atom stereocenters. The highest BCUT2D eigenvalue weighted by molar-refractivity contribution is 5.85. The maximum Gasteiger partial charge on any atom is 0.237 e. The molecule has 0 aromatic rings. The van der Waals surface area contributed by atoms with Crippen LogP contribution in [0.25, 0.3) is 0 Å². The van der Waals surface area contributed by atoms with Crippen molar-refractivity contribution in [2.45, 2.75) is 53.0 Å². The minimum absolute atomic E-state index is 0. The molecule has 0 aromatic heterocycles. The maximum atomic E-state index is 11.7. The number of hydrogen-bond donors (Lipinski definition) is 2. The summed E-state index contributed by atoms with van der Waals surface area (Å²) in [6.45, 7) is 8.96. The SMILES string of the molecule is CC1(CNC(=O)[C@@H](N)C(C)(C)C)CCC1.Cl. The van der Waals surface area contributed by atoms with E-state index in [-0.39, 0.29) is 23.7 Å². The van der Waals surface area contributed by atoms with Crippen LogP contribution >= 0.6 is 12.4 Å². The van der Waals surface area contributed by atoms with Crippen LogP contribution in [0.5, 0.6) is 0 Å². The van der Waals surface area contributed by atoms with E-state index in [0.29, 0.717) is 5.41 Å². The average molecular weight is 249 g/mol. The van der Waals surface area contributed by atoms with Gasteiger partial charge in [0.2, 0.25) is 5.91 Å². The molecule has 1 rings (SSSR count). The molecule has 0 aliphatic heterocycles. The second kappa shape index (κ2) is 5.37. The normalized spacial score (nSPS) is 20.3. The molecule has 16 heavy (non-hydrogen) atoms. The van der Waals surface area contributed by atoms with E-state index in [0.717, 1.165) is 6.54 Å². The van der Waals surface area contributed by atoms with Gasteiger partial charge in [0.05, 0.1) is 6.04 Å². The van der Waals surface area contributed by atoms with Gasteiger partial charge in [0.25, 0.3) is 0 Å². The van der Waals surface area contributed by atoms with Gasteiger partial charge in [-0.3, -0.25) is 4.79 Å². The summed E-state index contributed by atoms with van der Waals surface area (Å²) in [6, 6.07) is -0.416. The smallest absolute Gasteiger partial charge is 0.237 e. The van der Waals surface area contributed by atoms with Crippen LogP contribution in [-0.4, -0.2) is 18.5 Å². The van der Waals surface area contributed by atoms with Gasteiger partial charge in [-0.15, -0.1) is 12.4 Å². The summed E-state index contributed by atoms with van der Waals surface area (Å²) in [5.41, 5.74) is 6.04. The van der Waals surface area contributed by atoms with Gasteiger partial charge < -0.3 is 11.1 Å². The minimum Gasteiger partial charge on any atom is -0.354 e. The number of carbonyl (C=O) groups excluding carboxylic acids is 1. The fourth-order valence-electron chi connectivity index (χ4n) is 1.76. The Labute approximate surface area is 105 Å². The highest BCUT2D eigenvalue weighted by Gasteiger charge is 2.33. The number of halogens is 1. The molecule has 0 unspecified atom stereocenters. The van der Waals surface area contributed by atoms with E-state index in [1.54, 1.807) is 0 Å². The molecule has 0 spiro atoms. The van der Waals surface area contributed by atoms with Crippen LogP contribution in [0.2, 0.25) is 0 Å². The average Bonchev–Trinajstić information content (AvgIpc) is 2.08. The highest BCUT2D eigenvalue weighted by Crippen LogP contribution is 2.39. The third-order valence-electron chi connectivity index (χ3n) is 3.47. The molecule has 3 nitrogen and oxygen atoms in total. The summed E-state index contributed by atoms with van der Waals surface area (Å²) in [4.78, 5) is 11.7. The molecule has 1 amide bonds. The lowest BCUT2D eigenvalue weighted by Crippen LogP contribution is -2.51. The zero-order chi connectivity index (χ0) is 11.7. The fraction of sp³-hybridized carbons (Fsp3) is 0.917. The number of nitrogens with two attached hydrogens (primary N) is 1. The Morgan fingerprint density at radius 1 is 1.44 bits per heavy atom. The number of carbonyl (C=O) groups is 1. The summed E-state index contributed by atoms with van der Waals surface area (Å²) in [6.07, 6.45) is 3.73. The van der Waals surface area contributed by atoms with Crippen molar-refractivity contribution in [1.29, 1.82) is 0 Å². The van der Waals surface area contributed by atoms with Crippen molar-refractivity contribution in [3.8, 4) is 0 Å². The number of nitrogens with one attached hydrogen (secondary N) is 1. The van der Waals surface area contributed by atoms with Crippen LogP contribution in [0.3, 0.4) is 0 Å². The lowest BCUT2D eigenvalue weighted by atomic mass is 9.70. The van der Waals surface area contributed by atoms with Crippen LogP contribution < -0.4 is 11.1 Å². The highest BCUT2D eigenvalue weighted by atomic mass is 35.5. The van der Waals surface area contributed by atoms with Gasteiger partial charge in [-0.05, 0) is 23.7 Å². The van der Waals surface area contributed by atoms with E-state index in [4.69, 9.17) is 5.73 Å². The van der Waals surface area contributed by atoms with E-state index >= 15 is 0 Å². The van der Waals surface area contributed by atoms with Crippen molar-refractivity contribution in [3.63, 3.8) is 0 Å². The van der Waals surface area contributed by atoms with Gasteiger partial charge in [0.15, 0.2) is 0 Å². The Kier molecular flexibility index (Phi) is 5.27. The summed E-state index contributed by atoms with van der Waals surface area (Å²) in [5, 5.41) is 2.97. The summed E-state index contributed by atoms with van der Waals surface area (Å²) >= 11 is 0. The minimum atomic E-state index is -0.416. The predicted molar refractivity (Wildman–Crippen MR) is 69.6 cm³/mol. The number of rotatable bonds is 3. The zero-order valence-electron chi connectivity index (χ0n) is 10.8. The first-order valence-electron chi connectivity index (χ1n) is 5.78. The summed E-state index contributed by atoms with van der Waals surface area (Å²) in [5.74, 6) is -0.0179. The van der Waals surface area contributed by atoms with Crippen LogP contribution in [0.1, 0.15) is 47.0 Å². The number of hydrogen-bond acceptors (Lipinski definition) is 2. The molecule has 0 heterocycles. The van der Waals surface area contributed by atoms with Crippen molar-refractivity contribution >= 4 is 18.3 Å². The molecule has 0 saturated heterocycles. The van der Waals surface area contributed by atoms with Gasteiger partial charge in [0.1, 0.15) is 0 Å². The van der Waals surface area contributed by atoms with E-state index in [1.807, 2.05) is 20.8 Å². The second-order valence-corrected chi connectivity index (χ2v) is 6.23. The van der Waals surface area contributed by atoms with Crippen LogP contribution in [0.4, 0.5) is 0 Å². The summed E-state index contributed by atoms with van der Waals surface area (Å²) in [7, 11) is 0. The maximum absolute atomic E-state index is 11.7. The third-order valence-corrected chi connectivity index (χ3v) is 3.47. The molecule has 1 saturated carbocycles. The van der Waals surface area contributed by atoms with Crippen molar-refractivity contribution in [3.05, 3.63) is 0 Å². The van der Waals surface area contributed by atoms with Crippen LogP contribution in [0, 0.1) is 10.8 Å². The Balaban J connectivity index is 0.00000225. The van der Waals surface area contributed by atoms with Gasteiger partial charge in [-0.2, -0.15) is 0 Å². The molecule has 1 aliphatic carbocycles. The molecule has 0 bridgehead atoms. The van der Waals surface area contributed by atoms with Crippen LogP contribution in [-0.2, 0) is 4.79 Å². The molecule has 1 aliphatic rings. The second-order valence-electron chi connectivity index (χ2n) is 6.23. The molecule has 96 valence electrons. The van der Waals surface area contributed by atoms with Crippen molar-refractivity contribution in [2.24, 2.45) is 16.6 Å². The lowest BCUT2D eigenvalue weighted by Gasteiger charge is -2.39. The molecule has 0 aromatic carbocycles. The Hall–Kier alpha value is -0.280. The summed E-state index contributed by atoms with van der Waals surface area (Å²) < 4.78 is 0. The monoisotopic (exact) mass is 248 g/mol.